The number of hydrogen-bond donors (Lipinski definition) is 1. The molecule has 22 heavy (non-hydrogen) atoms. The molecule has 1 fully saturated rings. The van der Waals surface area contributed by atoms with Crippen molar-refractivity contribution in [2.45, 2.75) is 48.7 Å². The molecule has 116 valence electrons. The third-order valence-electron chi connectivity index (χ3n) is 3.48. The lowest BCUT2D eigenvalue weighted by molar-refractivity contribution is -0.385. The Labute approximate surface area is 133 Å². The first-order chi connectivity index (χ1) is 10.6. The van der Waals surface area contributed by atoms with Crippen LogP contribution in [0, 0.1) is 21.4 Å². The molecule has 0 heterocycles. The number of nitro benzene ring substituents is 1. The molecule has 0 bridgehead atoms. The van der Waals surface area contributed by atoms with Crippen LogP contribution in [0.2, 0.25) is 0 Å². The van der Waals surface area contributed by atoms with E-state index in [0.29, 0.717) is 10.9 Å². The molecule has 1 aromatic carbocycles. The Kier molecular flexibility index (Phi) is 5.78. The summed E-state index contributed by atoms with van der Waals surface area (Å²) in [5, 5.41) is 22.6. The minimum Gasteiger partial charge on any atom is -0.325 e. The quantitative estimate of drug-likeness (QED) is 0.656. The molecule has 6 nitrogen and oxygen atoms in total. The Morgan fingerprint density at radius 2 is 2.09 bits per heavy atom. The van der Waals surface area contributed by atoms with Gasteiger partial charge in [0.15, 0.2) is 0 Å². The summed E-state index contributed by atoms with van der Waals surface area (Å²) in [6.07, 6.45) is 5.60. The number of non-ortho nitro benzene ring substituents is 1. The van der Waals surface area contributed by atoms with Gasteiger partial charge in [-0.1, -0.05) is 19.3 Å². The van der Waals surface area contributed by atoms with Crippen molar-refractivity contribution in [1.82, 2.24) is 0 Å². The van der Waals surface area contributed by atoms with Crippen molar-refractivity contribution < 1.29 is 9.72 Å². The molecule has 1 N–H and O–H groups in total. The summed E-state index contributed by atoms with van der Waals surface area (Å²) in [7, 11) is 0. The number of nitrogens with zero attached hydrogens (tertiary/aromatic N) is 2. The standard InChI is InChI=1S/C15H17N3O3S/c16-7-6-15(19)17-11-8-12(18(20)21)10-14(9-11)22-13-4-2-1-3-5-13/h8-10,13H,1-6H2,(H,17,19). The van der Waals surface area contributed by atoms with Gasteiger partial charge in [0.05, 0.1) is 11.0 Å². The molecule has 0 atom stereocenters. The minimum absolute atomic E-state index is 0.0481. The minimum atomic E-state index is -0.467. The predicted octanol–water partition coefficient (Wildman–Crippen LogP) is 3.87. The summed E-state index contributed by atoms with van der Waals surface area (Å²) in [6, 6.07) is 6.35. The summed E-state index contributed by atoms with van der Waals surface area (Å²) in [5.74, 6) is -0.461. The van der Waals surface area contributed by atoms with Gasteiger partial charge in [0.2, 0.25) is 5.91 Å². The zero-order chi connectivity index (χ0) is 15.9. The first-order valence-corrected chi connectivity index (χ1v) is 8.09. The van der Waals surface area contributed by atoms with Gasteiger partial charge in [-0.05, 0) is 18.9 Å². The van der Waals surface area contributed by atoms with Gasteiger partial charge in [0.25, 0.3) is 5.69 Å². The average molecular weight is 319 g/mol. The Bertz CT molecular complexity index is 607. The number of hydrogen-bond acceptors (Lipinski definition) is 5. The first kappa shape index (κ1) is 16.3. The van der Waals surface area contributed by atoms with Crippen LogP contribution >= 0.6 is 11.8 Å². The van der Waals surface area contributed by atoms with Gasteiger partial charge < -0.3 is 5.32 Å². The van der Waals surface area contributed by atoms with Crippen molar-refractivity contribution in [1.29, 1.82) is 5.26 Å². The number of nitriles is 1. The maximum absolute atomic E-state index is 11.5. The molecule has 1 saturated carbocycles. The number of amides is 1. The third-order valence-corrected chi connectivity index (χ3v) is 4.79. The highest BCUT2D eigenvalue weighted by Gasteiger charge is 2.17. The highest BCUT2D eigenvalue weighted by atomic mass is 32.2. The summed E-state index contributed by atoms with van der Waals surface area (Å²) >= 11 is 1.63. The van der Waals surface area contributed by atoms with Crippen LogP contribution in [-0.4, -0.2) is 16.1 Å². The van der Waals surface area contributed by atoms with Crippen LogP contribution in [0.1, 0.15) is 38.5 Å². The van der Waals surface area contributed by atoms with Crippen LogP contribution in [0.3, 0.4) is 0 Å². The Hall–Kier alpha value is -2.07. The number of benzene rings is 1. The normalized spacial score (nSPS) is 15.0. The predicted molar refractivity (Wildman–Crippen MR) is 84.7 cm³/mol. The summed E-state index contributed by atoms with van der Waals surface area (Å²) in [6.45, 7) is 0. The summed E-state index contributed by atoms with van der Waals surface area (Å²) < 4.78 is 0. The molecule has 1 aliphatic carbocycles. The largest absolute Gasteiger partial charge is 0.325 e. The molecule has 7 heteroatoms. The van der Waals surface area contributed by atoms with E-state index < -0.39 is 10.8 Å². The lowest BCUT2D eigenvalue weighted by atomic mass is 10.0. The molecule has 0 spiro atoms. The molecule has 0 aliphatic heterocycles. The number of nitro groups is 1. The highest BCUT2D eigenvalue weighted by Crippen LogP contribution is 2.36. The molecule has 0 unspecified atom stereocenters. The molecule has 2 rings (SSSR count). The van der Waals surface area contributed by atoms with Gasteiger partial charge >= 0.3 is 0 Å². The molecule has 0 aromatic heterocycles. The maximum Gasteiger partial charge on any atom is 0.272 e. The molecule has 1 aliphatic rings. The molecule has 1 aromatic rings. The van der Waals surface area contributed by atoms with E-state index in [4.69, 9.17) is 5.26 Å². The van der Waals surface area contributed by atoms with Gasteiger partial charge in [0, 0.05) is 28.0 Å². The van der Waals surface area contributed by atoms with E-state index in [2.05, 4.69) is 5.32 Å². The van der Waals surface area contributed by atoms with E-state index in [1.54, 1.807) is 30.0 Å². The SMILES string of the molecule is N#CCC(=O)Nc1cc(SC2CCCCC2)cc([N+](=O)[O-])c1. The van der Waals surface area contributed by atoms with Gasteiger partial charge in [-0.25, -0.2) is 0 Å². The Balaban J connectivity index is 2.17. The molecule has 1 amide bonds. The van der Waals surface area contributed by atoms with Crippen molar-refractivity contribution >= 4 is 29.0 Å². The fraction of sp³-hybridized carbons (Fsp3) is 0.467. The second kappa shape index (κ2) is 7.80. The van der Waals surface area contributed by atoms with Crippen molar-refractivity contribution in [3.8, 4) is 6.07 Å². The highest BCUT2D eigenvalue weighted by molar-refractivity contribution is 8.00. The van der Waals surface area contributed by atoms with Gasteiger partial charge in [-0.3, -0.25) is 14.9 Å². The average Bonchev–Trinajstić information content (AvgIpc) is 2.48. The number of carbonyl (C=O) groups excluding carboxylic acids is 1. The van der Waals surface area contributed by atoms with E-state index in [1.165, 1.54) is 25.3 Å². The zero-order valence-corrected chi connectivity index (χ0v) is 12.9. The number of carbonyl (C=O) groups is 1. The smallest absolute Gasteiger partial charge is 0.272 e. The summed E-state index contributed by atoms with van der Waals surface area (Å²) in [5.41, 5.74) is 0.320. The van der Waals surface area contributed by atoms with Crippen LogP contribution < -0.4 is 5.32 Å². The number of thioether (sulfide) groups is 1. The first-order valence-electron chi connectivity index (χ1n) is 7.21. The third kappa shape index (κ3) is 4.74. The van der Waals surface area contributed by atoms with Crippen molar-refractivity contribution in [3.05, 3.63) is 28.3 Å². The van der Waals surface area contributed by atoms with Crippen LogP contribution in [0.4, 0.5) is 11.4 Å². The fourth-order valence-corrected chi connectivity index (χ4v) is 3.82. The van der Waals surface area contributed by atoms with E-state index in [1.807, 2.05) is 0 Å². The Morgan fingerprint density at radius 3 is 2.73 bits per heavy atom. The van der Waals surface area contributed by atoms with Gasteiger partial charge in [-0.2, -0.15) is 5.26 Å². The summed E-state index contributed by atoms with van der Waals surface area (Å²) in [4.78, 5) is 22.8. The number of rotatable bonds is 5. The zero-order valence-electron chi connectivity index (χ0n) is 12.1. The number of nitrogens with one attached hydrogen (secondary N) is 1. The molecular weight excluding hydrogens is 302 g/mol. The lowest BCUT2D eigenvalue weighted by Crippen LogP contribution is -2.11. The maximum atomic E-state index is 11.5. The molecular formula is C15H17N3O3S. The topological polar surface area (TPSA) is 96.0 Å². The monoisotopic (exact) mass is 319 g/mol. The van der Waals surface area contributed by atoms with Crippen molar-refractivity contribution in [2.75, 3.05) is 5.32 Å². The van der Waals surface area contributed by atoms with Crippen LogP contribution in [-0.2, 0) is 4.79 Å². The lowest BCUT2D eigenvalue weighted by Gasteiger charge is -2.21. The van der Waals surface area contributed by atoms with Gasteiger partial charge in [-0.15, -0.1) is 11.8 Å². The van der Waals surface area contributed by atoms with Crippen LogP contribution in [0.25, 0.3) is 0 Å². The van der Waals surface area contributed by atoms with E-state index in [0.717, 1.165) is 17.7 Å². The second-order valence-electron chi connectivity index (χ2n) is 5.23. The van der Waals surface area contributed by atoms with Crippen LogP contribution in [0.15, 0.2) is 23.1 Å². The van der Waals surface area contributed by atoms with Gasteiger partial charge in [0.1, 0.15) is 6.42 Å². The van der Waals surface area contributed by atoms with Crippen molar-refractivity contribution in [3.63, 3.8) is 0 Å². The number of anilines is 1. The second-order valence-corrected chi connectivity index (χ2v) is 6.61. The van der Waals surface area contributed by atoms with Crippen LogP contribution in [0.5, 0.6) is 0 Å². The Morgan fingerprint density at radius 1 is 1.36 bits per heavy atom. The van der Waals surface area contributed by atoms with Crippen molar-refractivity contribution in [2.24, 2.45) is 0 Å². The van der Waals surface area contributed by atoms with E-state index in [9.17, 15) is 14.9 Å². The van der Waals surface area contributed by atoms with E-state index >= 15 is 0 Å². The molecule has 0 radical (unpaired) electrons. The molecule has 0 saturated heterocycles. The fourth-order valence-electron chi connectivity index (χ4n) is 2.48. The van der Waals surface area contributed by atoms with E-state index in [-0.39, 0.29) is 12.1 Å².